The first kappa shape index (κ1) is 19.3. The molecule has 0 saturated heterocycles. The maximum absolute atomic E-state index is 6.02. The molecular formula is C20H24Br2O2. The molecule has 2 nitrogen and oxygen atoms in total. The Morgan fingerprint density at radius 1 is 0.708 bits per heavy atom. The van der Waals surface area contributed by atoms with Gasteiger partial charge in [-0.2, -0.15) is 0 Å². The SMILES string of the molecule is CCCCOc1ccc(Br)cc1-c1cc(Br)ccc1OCCCC. The van der Waals surface area contributed by atoms with Crippen LogP contribution in [0.25, 0.3) is 11.1 Å². The van der Waals surface area contributed by atoms with Gasteiger partial charge >= 0.3 is 0 Å². The molecule has 0 aromatic heterocycles. The summed E-state index contributed by atoms with van der Waals surface area (Å²) in [7, 11) is 0. The van der Waals surface area contributed by atoms with E-state index in [1.54, 1.807) is 0 Å². The fraction of sp³-hybridized carbons (Fsp3) is 0.400. The number of halogens is 2. The second-order valence-corrected chi connectivity index (χ2v) is 7.52. The van der Waals surface area contributed by atoms with Gasteiger partial charge in [0.15, 0.2) is 0 Å². The highest BCUT2D eigenvalue weighted by Gasteiger charge is 2.13. The fourth-order valence-electron chi connectivity index (χ4n) is 2.33. The number of hydrogen-bond acceptors (Lipinski definition) is 2. The molecule has 0 heterocycles. The Bertz CT molecular complexity index is 599. The summed E-state index contributed by atoms with van der Waals surface area (Å²) in [5.41, 5.74) is 2.10. The van der Waals surface area contributed by atoms with E-state index in [0.29, 0.717) is 0 Å². The molecule has 2 rings (SSSR count). The van der Waals surface area contributed by atoms with Crippen LogP contribution in [0, 0.1) is 0 Å². The lowest BCUT2D eigenvalue weighted by atomic mass is 10.0. The first-order chi connectivity index (χ1) is 11.7. The van der Waals surface area contributed by atoms with Crippen molar-refractivity contribution in [2.45, 2.75) is 39.5 Å². The van der Waals surface area contributed by atoms with E-state index in [0.717, 1.165) is 70.5 Å². The first-order valence-electron chi connectivity index (χ1n) is 8.50. The molecule has 0 aliphatic carbocycles. The van der Waals surface area contributed by atoms with Crippen molar-refractivity contribution in [1.82, 2.24) is 0 Å². The average molecular weight is 456 g/mol. The predicted octanol–water partition coefficient (Wildman–Crippen LogP) is 7.24. The van der Waals surface area contributed by atoms with Gasteiger partial charge in [0.25, 0.3) is 0 Å². The predicted molar refractivity (Wildman–Crippen MR) is 108 cm³/mol. The van der Waals surface area contributed by atoms with Gasteiger partial charge in [-0.1, -0.05) is 58.5 Å². The van der Waals surface area contributed by atoms with Crippen molar-refractivity contribution in [1.29, 1.82) is 0 Å². The highest BCUT2D eigenvalue weighted by atomic mass is 79.9. The number of rotatable bonds is 9. The molecular weight excluding hydrogens is 432 g/mol. The van der Waals surface area contributed by atoms with Gasteiger partial charge in [0.05, 0.1) is 13.2 Å². The monoisotopic (exact) mass is 454 g/mol. The summed E-state index contributed by atoms with van der Waals surface area (Å²) in [6.45, 7) is 5.79. The normalized spacial score (nSPS) is 10.7. The number of benzene rings is 2. The molecule has 0 N–H and O–H groups in total. The van der Waals surface area contributed by atoms with Crippen LogP contribution in [-0.4, -0.2) is 13.2 Å². The molecule has 4 heteroatoms. The summed E-state index contributed by atoms with van der Waals surface area (Å²) < 4.78 is 14.1. The second kappa shape index (κ2) is 10.1. The van der Waals surface area contributed by atoms with E-state index >= 15 is 0 Å². The maximum atomic E-state index is 6.02. The van der Waals surface area contributed by atoms with Gasteiger partial charge in [-0.05, 0) is 49.2 Å². The molecule has 24 heavy (non-hydrogen) atoms. The van der Waals surface area contributed by atoms with E-state index in [4.69, 9.17) is 9.47 Å². The van der Waals surface area contributed by atoms with Gasteiger partial charge < -0.3 is 9.47 Å². The topological polar surface area (TPSA) is 18.5 Å². The summed E-state index contributed by atoms with van der Waals surface area (Å²) in [5, 5.41) is 0. The molecule has 0 saturated carbocycles. The molecule has 0 spiro atoms. The molecule has 0 fully saturated rings. The van der Waals surface area contributed by atoms with Crippen LogP contribution in [0.5, 0.6) is 11.5 Å². The quantitative estimate of drug-likeness (QED) is 0.371. The zero-order chi connectivity index (χ0) is 17.4. The minimum absolute atomic E-state index is 0.727. The lowest BCUT2D eigenvalue weighted by Gasteiger charge is -2.16. The minimum Gasteiger partial charge on any atom is -0.493 e. The van der Waals surface area contributed by atoms with Crippen LogP contribution in [-0.2, 0) is 0 Å². The van der Waals surface area contributed by atoms with Crippen molar-refractivity contribution in [3.8, 4) is 22.6 Å². The standard InChI is InChI=1S/C20H24Br2O2/c1-3-5-11-23-19-9-7-15(21)13-17(19)18-14-16(22)8-10-20(18)24-12-6-4-2/h7-10,13-14H,3-6,11-12H2,1-2H3. The molecule has 130 valence electrons. The van der Waals surface area contributed by atoms with Crippen molar-refractivity contribution in [3.63, 3.8) is 0 Å². The smallest absolute Gasteiger partial charge is 0.127 e. The van der Waals surface area contributed by atoms with Crippen molar-refractivity contribution >= 4 is 31.9 Å². The largest absolute Gasteiger partial charge is 0.493 e. The number of ether oxygens (including phenoxy) is 2. The summed E-state index contributed by atoms with van der Waals surface area (Å²) >= 11 is 7.15. The lowest BCUT2D eigenvalue weighted by molar-refractivity contribution is 0.306. The Balaban J connectivity index is 2.38. The fourth-order valence-corrected chi connectivity index (χ4v) is 3.05. The second-order valence-electron chi connectivity index (χ2n) is 5.68. The highest BCUT2D eigenvalue weighted by Crippen LogP contribution is 2.39. The van der Waals surface area contributed by atoms with Crippen LogP contribution in [0.15, 0.2) is 45.3 Å². The van der Waals surface area contributed by atoms with E-state index in [1.165, 1.54) is 0 Å². The molecule has 0 aliphatic heterocycles. The van der Waals surface area contributed by atoms with Crippen LogP contribution in [0.2, 0.25) is 0 Å². The van der Waals surface area contributed by atoms with Gasteiger partial charge in [0.1, 0.15) is 11.5 Å². The van der Waals surface area contributed by atoms with Crippen LogP contribution < -0.4 is 9.47 Å². The Morgan fingerprint density at radius 3 is 1.50 bits per heavy atom. The first-order valence-corrected chi connectivity index (χ1v) is 10.1. The van der Waals surface area contributed by atoms with Crippen molar-refractivity contribution < 1.29 is 9.47 Å². The molecule has 0 amide bonds. The van der Waals surface area contributed by atoms with Crippen LogP contribution in [0.4, 0.5) is 0 Å². The summed E-state index contributed by atoms with van der Waals surface area (Å²) in [4.78, 5) is 0. The van der Waals surface area contributed by atoms with Gasteiger partial charge in [-0.3, -0.25) is 0 Å². The number of hydrogen-bond donors (Lipinski definition) is 0. The molecule has 0 aliphatic rings. The molecule has 0 radical (unpaired) electrons. The number of unbranched alkanes of at least 4 members (excludes halogenated alkanes) is 2. The lowest BCUT2D eigenvalue weighted by Crippen LogP contribution is -2.01. The van der Waals surface area contributed by atoms with Crippen LogP contribution in [0.1, 0.15) is 39.5 Å². The molecule has 2 aromatic rings. The van der Waals surface area contributed by atoms with Crippen molar-refractivity contribution in [3.05, 3.63) is 45.3 Å². The van der Waals surface area contributed by atoms with Gasteiger partial charge in [-0.15, -0.1) is 0 Å². The molecule has 0 atom stereocenters. The molecule has 0 unspecified atom stereocenters. The highest BCUT2D eigenvalue weighted by molar-refractivity contribution is 9.10. The third-order valence-electron chi connectivity index (χ3n) is 3.68. The van der Waals surface area contributed by atoms with Gasteiger partial charge in [0, 0.05) is 20.1 Å². The van der Waals surface area contributed by atoms with E-state index < -0.39 is 0 Å². The van der Waals surface area contributed by atoms with Gasteiger partial charge in [-0.25, -0.2) is 0 Å². The Kier molecular flexibility index (Phi) is 8.13. The molecule has 2 aromatic carbocycles. The summed E-state index contributed by atoms with van der Waals surface area (Å²) in [5.74, 6) is 1.79. The Labute approximate surface area is 161 Å². The van der Waals surface area contributed by atoms with E-state index in [2.05, 4.69) is 57.8 Å². The zero-order valence-electron chi connectivity index (χ0n) is 14.3. The van der Waals surface area contributed by atoms with Crippen LogP contribution in [0.3, 0.4) is 0 Å². The van der Waals surface area contributed by atoms with Gasteiger partial charge in [0.2, 0.25) is 0 Å². The Morgan fingerprint density at radius 2 is 1.12 bits per heavy atom. The van der Waals surface area contributed by atoms with Crippen LogP contribution >= 0.6 is 31.9 Å². The third-order valence-corrected chi connectivity index (χ3v) is 4.67. The van der Waals surface area contributed by atoms with E-state index in [1.807, 2.05) is 24.3 Å². The van der Waals surface area contributed by atoms with Crippen molar-refractivity contribution in [2.24, 2.45) is 0 Å². The van der Waals surface area contributed by atoms with E-state index in [9.17, 15) is 0 Å². The Hall–Kier alpha value is -1.00. The van der Waals surface area contributed by atoms with Crippen molar-refractivity contribution in [2.75, 3.05) is 13.2 Å². The zero-order valence-corrected chi connectivity index (χ0v) is 17.5. The third kappa shape index (κ3) is 5.52. The summed E-state index contributed by atoms with van der Waals surface area (Å²) in [6.07, 6.45) is 4.34. The van der Waals surface area contributed by atoms with E-state index in [-0.39, 0.29) is 0 Å². The minimum atomic E-state index is 0.727. The summed E-state index contributed by atoms with van der Waals surface area (Å²) in [6, 6.07) is 12.3. The maximum Gasteiger partial charge on any atom is 0.127 e. The molecule has 0 bridgehead atoms. The average Bonchev–Trinajstić information content (AvgIpc) is 2.58.